The van der Waals surface area contributed by atoms with Crippen LogP contribution in [0.15, 0.2) is 18.2 Å². The standard InChI is InChI=1S/C12H17ClN2O3/c1-2-17-5-6-18-8-12(16)15-9-3-4-10(13)11(14)7-9/h3-4,7H,2,5-6,8,14H2,1H3,(H,15,16). The first-order valence-corrected chi connectivity index (χ1v) is 6.01. The zero-order valence-electron chi connectivity index (χ0n) is 10.2. The zero-order chi connectivity index (χ0) is 13.4. The van der Waals surface area contributed by atoms with Gasteiger partial charge in [0.25, 0.3) is 0 Å². The summed E-state index contributed by atoms with van der Waals surface area (Å²) in [7, 11) is 0. The lowest BCUT2D eigenvalue weighted by atomic mass is 10.3. The lowest BCUT2D eigenvalue weighted by Gasteiger charge is -2.07. The highest BCUT2D eigenvalue weighted by Gasteiger charge is 2.04. The fourth-order valence-electron chi connectivity index (χ4n) is 1.25. The Kier molecular flexibility index (Phi) is 6.49. The molecule has 1 rings (SSSR count). The predicted octanol–water partition coefficient (Wildman–Crippen LogP) is 1.91. The van der Waals surface area contributed by atoms with Crippen molar-refractivity contribution in [1.82, 2.24) is 0 Å². The smallest absolute Gasteiger partial charge is 0.250 e. The molecular weight excluding hydrogens is 256 g/mol. The van der Waals surface area contributed by atoms with E-state index in [0.29, 0.717) is 36.2 Å². The number of nitrogens with two attached hydrogens (primary N) is 1. The number of hydrogen-bond acceptors (Lipinski definition) is 4. The third kappa shape index (κ3) is 5.35. The summed E-state index contributed by atoms with van der Waals surface area (Å²) in [6.45, 7) is 3.40. The molecule has 0 bridgehead atoms. The number of carbonyl (C=O) groups is 1. The van der Waals surface area contributed by atoms with Gasteiger partial charge in [-0.25, -0.2) is 0 Å². The number of benzene rings is 1. The molecule has 0 unspecified atom stereocenters. The Hall–Kier alpha value is -1.30. The maximum absolute atomic E-state index is 11.5. The van der Waals surface area contributed by atoms with Crippen molar-refractivity contribution in [2.75, 3.05) is 37.5 Å². The van der Waals surface area contributed by atoms with E-state index in [-0.39, 0.29) is 12.5 Å². The molecule has 0 aliphatic rings. The summed E-state index contributed by atoms with van der Waals surface area (Å²) < 4.78 is 10.2. The van der Waals surface area contributed by atoms with E-state index < -0.39 is 0 Å². The Labute approximate surface area is 111 Å². The molecule has 0 saturated carbocycles. The number of anilines is 2. The molecule has 0 aliphatic carbocycles. The molecule has 1 aromatic carbocycles. The van der Waals surface area contributed by atoms with Crippen LogP contribution in [0.1, 0.15) is 6.92 Å². The molecule has 0 fully saturated rings. The second-order valence-electron chi connectivity index (χ2n) is 3.53. The summed E-state index contributed by atoms with van der Waals surface area (Å²) in [5.41, 5.74) is 6.64. The highest BCUT2D eigenvalue weighted by atomic mass is 35.5. The van der Waals surface area contributed by atoms with E-state index >= 15 is 0 Å². The van der Waals surface area contributed by atoms with Crippen molar-refractivity contribution >= 4 is 28.9 Å². The van der Waals surface area contributed by atoms with E-state index in [9.17, 15) is 4.79 Å². The molecule has 100 valence electrons. The fraction of sp³-hybridized carbons (Fsp3) is 0.417. The van der Waals surface area contributed by atoms with Crippen LogP contribution >= 0.6 is 11.6 Å². The summed E-state index contributed by atoms with van der Waals surface area (Å²) in [5.74, 6) is -0.242. The molecule has 5 nitrogen and oxygen atoms in total. The average Bonchev–Trinajstić information content (AvgIpc) is 2.34. The molecule has 0 aromatic heterocycles. The number of hydrogen-bond donors (Lipinski definition) is 2. The Morgan fingerprint density at radius 2 is 2.11 bits per heavy atom. The van der Waals surface area contributed by atoms with E-state index in [0.717, 1.165) is 0 Å². The quantitative estimate of drug-likeness (QED) is 0.587. The van der Waals surface area contributed by atoms with E-state index in [1.54, 1.807) is 18.2 Å². The summed E-state index contributed by atoms with van der Waals surface area (Å²) >= 11 is 5.77. The number of nitrogen functional groups attached to an aromatic ring is 1. The van der Waals surface area contributed by atoms with Gasteiger partial charge in [-0.2, -0.15) is 0 Å². The Morgan fingerprint density at radius 1 is 1.39 bits per heavy atom. The second kappa shape index (κ2) is 7.92. The van der Waals surface area contributed by atoms with Gasteiger partial charge in [0.2, 0.25) is 5.91 Å². The molecule has 0 saturated heterocycles. The van der Waals surface area contributed by atoms with Crippen molar-refractivity contribution < 1.29 is 14.3 Å². The van der Waals surface area contributed by atoms with Crippen LogP contribution in [0.5, 0.6) is 0 Å². The van der Waals surface area contributed by atoms with Gasteiger partial charge in [-0.15, -0.1) is 0 Å². The van der Waals surface area contributed by atoms with Crippen molar-refractivity contribution in [1.29, 1.82) is 0 Å². The number of amides is 1. The Balaban J connectivity index is 2.29. The minimum absolute atomic E-state index is 0.0182. The number of ether oxygens (including phenoxy) is 2. The van der Waals surface area contributed by atoms with E-state index in [1.807, 2.05) is 6.92 Å². The average molecular weight is 273 g/mol. The van der Waals surface area contributed by atoms with Crippen LogP contribution in [-0.2, 0) is 14.3 Å². The molecule has 3 N–H and O–H groups in total. The normalized spacial score (nSPS) is 10.3. The molecule has 18 heavy (non-hydrogen) atoms. The van der Waals surface area contributed by atoms with Gasteiger partial charge in [0.1, 0.15) is 6.61 Å². The van der Waals surface area contributed by atoms with Crippen molar-refractivity contribution in [3.63, 3.8) is 0 Å². The van der Waals surface area contributed by atoms with E-state index in [1.165, 1.54) is 0 Å². The molecule has 6 heteroatoms. The number of rotatable bonds is 7. The van der Waals surface area contributed by atoms with Crippen LogP contribution in [0.25, 0.3) is 0 Å². The first kappa shape index (κ1) is 14.8. The van der Waals surface area contributed by atoms with Gasteiger partial charge in [-0.1, -0.05) is 11.6 Å². The van der Waals surface area contributed by atoms with Gasteiger partial charge in [0.15, 0.2) is 0 Å². The second-order valence-corrected chi connectivity index (χ2v) is 3.94. The van der Waals surface area contributed by atoms with E-state index in [2.05, 4.69) is 5.32 Å². The van der Waals surface area contributed by atoms with E-state index in [4.69, 9.17) is 26.8 Å². The largest absolute Gasteiger partial charge is 0.397 e. The summed E-state index contributed by atoms with van der Waals surface area (Å²) in [6, 6.07) is 4.90. The van der Waals surface area contributed by atoms with Gasteiger partial charge in [0, 0.05) is 12.3 Å². The lowest BCUT2D eigenvalue weighted by Crippen LogP contribution is -2.19. The maximum Gasteiger partial charge on any atom is 0.250 e. The first-order valence-electron chi connectivity index (χ1n) is 5.64. The highest BCUT2D eigenvalue weighted by Crippen LogP contribution is 2.22. The van der Waals surface area contributed by atoms with Crippen LogP contribution in [0.2, 0.25) is 5.02 Å². The van der Waals surface area contributed by atoms with Crippen LogP contribution in [0, 0.1) is 0 Å². The first-order chi connectivity index (χ1) is 8.63. The molecular formula is C12H17ClN2O3. The molecule has 0 atom stereocenters. The van der Waals surface area contributed by atoms with Gasteiger partial charge >= 0.3 is 0 Å². The third-order valence-electron chi connectivity index (χ3n) is 2.09. The van der Waals surface area contributed by atoms with Crippen molar-refractivity contribution in [3.05, 3.63) is 23.2 Å². The van der Waals surface area contributed by atoms with Gasteiger partial charge < -0.3 is 20.5 Å². The highest BCUT2D eigenvalue weighted by molar-refractivity contribution is 6.33. The SMILES string of the molecule is CCOCCOCC(=O)Nc1ccc(Cl)c(N)c1. The number of nitrogens with one attached hydrogen (secondary N) is 1. The predicted molar refractivity (Wildman–Crippen MR) is 71.8 cm³/mol. The molecule has 0 heterocycles. The van der Waals surface area contributed by atoms with Crippen LogP contribution in [0.3, 0.4) is 0 Å². The van der Waals surface area contributed by atoms with Gasteiger partial charge in [-0.05, 0) is 25.1 Å². The van der Waals surface area contributed by atoms with Crippen LogP contribution in [-0.4, -0.2) is 32.3 Å². The number of halogens is 1. The van der Waals surface area contributed by atoms with Crippen molar-refractivity contribution in [2.45, 2.75) is 6.92 Å². The molecule has 0 radical (unpaired) electrons. The minimum atomic E-state index is -0.242. The molecule has 1 aromatic rings. The summed E-state index contributed by atoms with van der Waals surface area (Å²) in [6.07, 6.45) is 0. The molecule has 0 aliphatic heterocycles. The minimum Gasteiger partial charge on any atom is -0.397 e. The summed E-state index contributed by atoms with van der Waals surface area (Å²) in [4.78, 5) is 11.5. The topological polar surface area (TPSA) is 73.6 Å². The third-order valence-corrected chi connectivity index (χ3v) is 2.43. The van der Waals surface area contributed by atoms with Crippen LogP contribution < -0.4 is 11.1 Å². The van der Waals surface area contributed by atoms with Crippen molar-refractivity contribution in [2.24, 2.45) is 0 Å². The molecule has 1 amide bonds. The van der Waals surface area contributed by atoms with Gasteiger partial charge in [-0.3, -0.25) is 4.79 Å². The maximum atomic E-state index is 11.5. The molecule has 0 spiro atoms. The lowest BCUT2D eigenvalue weighted by molar-refractivity contribution is -0.121. The Bertz CT molecular complexity index is 399. The number of carbonyl (C=O) groups excluding carboxylic acids is 1. The van der Waals surface area contributed by atoms with Gasteiger partial charge in [0.05, 0.1) is 23.9 Å². The zero-order valence-corrected chi connectivity index (χ0v) is 11.0. The van der Waals surface area contributed by atoms with Crippen molar-refractivity contribution in [3.8, 4) is 0 Å². The fourth-order valence-corrected chi connectivity index (χ4v) is 1.36. The Morgan fingerprint density at radius 3 is 2.78 bits per heavy atom. The monoisotopic (exact) mass is 272 g/mol. The summed E-state index contributed by atoms with van der Waals surface area (Å²) in [5, 5.41) is 3.12. The van der Waals surface area contributed by atoms with Crippen LogP contribution in [0.4, 0.5) is 11.4 Å².